The summed E-state index contributed by atoms with van der Waals surface area (Å²) in [6, 6.07) is 8.36. The van der Waals surface area contributed by atoms with E-state index in [-0.39, 0.29) is 11.3 Å². The van der Waals surface area contributed by atoms with Crippen molar-refractivity contribution in [3.05, 3.63) is 34.9 Å². The van der Waals surface area contributed by atoms with Crippen molar-refractivity contribution in [1.82, 2.24) is 15.1 Å². The Morgan fingerprint density at radius 3 is 2.69 bits per heavy atom. The predicted molar refractivity (Wildman–Crippen MR) is 116 cm³/mol. The molecule has 3 atom stereocenters. The molecule has 1 saturated carbocycles. The Morgan fingerprint density at radius 1 is 1.21 bits per heavy atom. The number of amides is 1. The topological polar surface area (TPSA) is 44.8 Å². The largest absolute Gasteiger partial charge is 0.379 e. The number of fused-ring (bicyclic) bond motifs is 1. The molecule has 1 aliphatic carbocycles. The Morgan fingerprint density at radius 2 is 1.97 bits per heavy atom. The van der Waals surface area contributed by atoms with E-state index in [0.29, 0.717) is 18.5 Å². The zero-order valence-corrected chi connectivity index (χ0v) is 18.3. The van der Waals surface area contributed by atoms with E-state index >= 15 is 0 Å². The van der Waals surface area contributed by atoms with Gasteiger partial charge in [0.15, 0.2) is 0 Å². The molecule has 0 unspecified atom stereocenters. The highest BCUT2D eigenvalue weighted by molar-refractivity contribution is 6.30. The monoisotopic (exact) mass is 419 g/mol. The Kier molecular flexibility index (Phi) is 6.80. The van der Waals surface area contributed by atoms with Crippen LogP contribution in [0.25, 0.3) is 0 Å². The summed E-state index contributed by atoms with van der Waals surface area (Å²) in [5.41, 5.74) is 0.851. The van der Waals surface area contributed by atoms with Gasteiger partial charge in [-0.25, -0.2) is 0 Å². The summed E-state index contributed by atoms with van der Waals surface area (Å²) in [4.78, 5) is 18.6. The third kappa shape index (κ3) is 4.63. The maximum atomic E-state index is 13.5. The Balaban J connectivity index is 1.45. The Bertz CT molecular complexity index is 692. The van der Waals surface area contributed by atoms with Gasteiger partial charge in [-0.05, 0) is 62.4 Å². The van der Waals surface area contributed by atoms with Gasteiger partial charge in [-0.1, -0.05) is 30.7 Å². The predicted octanol–water partition coefficient (Wildman–Crippen LogP) is 3.17. The van der Waals surface area contributed by atoms with Crippen molar-refractivity contribution < 1.29 is 9.53 Å². The van der Waals surface area contributed by atoms with Gasteiger partial charge in [0.05, 0.1) is 18.6 Å². The van der Waals surface area contributed by atoms with Gasteiger partial charge in [0, 0.05) is 37.2 Å². The number of benzene rings is 1. The van der Waals surface area contributed by atoms with Crippen LogP contribution in [0.4, 0.5) is 0 Å². The molecule has 1 aromatic rings. The molecular weight excluding hydrogens is 386 g/mol. The first-order valence-corrected chi connectivity index (χ1v) is 11.6. The standard InChI is InChI=1S/C23H34ClN3O2/c1-2-26-10-8-19-15-21(27-11-13-29-14-12-27)7-9-23(19,17-26)22(28)25-16-18-3-5-20(24)6-4-18/h3-6,19,21H,2,7-17H2,1H3,(H,25,28)/t19-,21+,23-/m1/s1. The fraction of sp³-hybridized carbons (Fsp3) is 0.696. The van der Waals surface area contributed by atoms with Crippen LogP contribution in [-0.2, 0) is 16.1 Å². The smallest absolute Gasteiger partial charge is 0.228 e. The van der Waals surface area contributed by atoms with Gasteiger partial charge in [-0.15, -0.1) is 0 Å². The number of halogens is 1. The van der Waals surface area contributed by atoms with Gasteiger partial charge >= 0.3 is 0 Å². The van der Waals surface area contributed by atoms with E-state index in [4.69, 9.17) is 16.3 Å². The lowest BCUT2D eigenvalue weighted by Gasteiger charge is -2.53. The van der Waals surface area contributed by atoms with Crippen molar-refractivity contribution in [3.63, 3.8) is 0 Å². The number of ether oxygens (including phenoxy) is 1. The second-order valence-corrected chi connectivity index (χ2v) is 9.33. The molecule has 1 amide bonds. The molecule has 2 heterocycles. The van der Waals surface area contributed by atoms with E-state index in [9.17, 15) is 4.79 Å². The molecule has 4 rings (SSSR count). The number of likely N-dealkylation sites (tertiary alicyclic amines) is 1. The fourth-order valence-electron chi connectivity index (χ4n) is 5.59. The zero-order valence-electron chi connectivity index (χ0n) is 17.5. The molecule has 29 heavy (non-hydrogen) atoms. The number of nitrogens with zero attached hydrogens (tertiary/aromatic N) is 2. The lowest BCUT2D eigenvalue weighted by molar-refractivity contribution is -0.145. The maximum Gasteiger partial charge on any atom is 0.228 e. The summed E-state index contributed by atoms with van der Waals surface area (Å²) in [6.45, 7) is 9.57. The van der Waals surface area contributed by atoms with E-state index in [1.807, 2.05) is 24.3 Å². The lowest BCUT2D eigenvalue weighted by atomic mass is 9.61. The van der Waals surface area contributed by atoms with E-state index in [2.05, 4.69) is 22.0 Å². The van der Waals surface area contributed by atoms with Gasteiger partial charge < -0.3 is 15.0 Å². The van der Waals surface area contributed by atoms with Crippen molar-refractivity contribution in [1.29, 1.82) is 0 Å². The third-order valence-electron chi connectivity index (χ3n) is 7.39. The van der Waals surface area contributed by atoms with Crippen LogP contribution >= 0.6 is 11.6 Å². The SMILES string of the molecule is CCN1CC[C@@H]2C[C@@H](N3CCOCC3)CC[C@@]2(C(=O)NCc2ccc(Cl)cc2)C1. The van der Waals surface area contributed by atoms with Crippen molar-refractivity contribution >= 4 is 17.5 Å². The van der Waals surface area contributed by atoms with Crippen LogP contribution < -0.4 is 5.32 Å². The summed E-state index contributed by atoms with van der Waals surface area (Å²) in [7, 11) is 0. The van der Waals surface area contributed by atoms with Gasteiger partial charge in [-0.3, -0.25) is 9.69 Å². The number of hydrogen-bond donors (Lipinski definition) is 1. The molecule has 1 aromatic carbocycles. The van der Waals surface area contributed by atoms with Gasteiger partial charge in [0.25, 0.3) is 0 Å². The summed E-state index contributed by atoms with van der Waals surface area (Å²) in [5, 5.41) is 4.00. The lowest BCUT2D eigenvalue weighted by Crippen LogP contribution is -2.60. The molecular formula is C23H34ClN3O2. The minimum atomic E-state index is -0.247. The zero-order chi connectivity index (χ0) is 20.3. The van der Waals surface area contributed by atoms with E-state index in [0.717, 1.165) is 82.2 Å². The van der Waals surface area contributed by atoms with Crippen LogP contribution in [0.5, 0.6) is 0 Å². The van der Waals surface area contributed by atoms with Crippen LogP contribution in [0, 0.1) is 11.3 Å². The van der Waals surface area contributed by atoms with Crippen LogP contribution in [0.2, 0.25) is 5.02 Å². The number of nitrogens with one attached hydrogen (secondary N) is 1. The van der Waals surface area contributed by atoms with Crippen molar-refractivity contribution in [2.45, 2.75) is 45.2 Å². The Labute approximate surface area is 179 Å². The second kappa shape index (κ2) is 9.34. The number of carbonyl (C=O) groups is 1. The molecule has 0 spiro atoms. The van der Waals surface area contributed by atoms with Crippen molar-refractivity contribution in [2.75, 3.05) is 45.9 Å². The van der Waals surface area contributed by atoms with E-state index < -0.39 is 0 Å². The van der Waals surface area contributed by atoms with Crippen LogP contribution in [0.3, 0.4) is 0 Å². The quantitative estimate of drug-likeness (QED) is 0.796. The van der Waals surface area contributed by atoms with Crippen molar-refractivity contribution in [3.8, 4) is 0 Å². The molecule has 3 fully saturated rings. The molecule has 1 N–H and O–H groups in total. The molecule has 0 bridgehead atoms. The van der Waals surface area contributed by atoms with Gasteiger partial charge in [0.1, 0.15) is 0 Å². The number of piperidine rings is 1. The average molecular weight is 420 g/mol. The number of morpholine rings is 1. The minimum Gasteiger partial charge on any atom is -0.379 e. The second-order valence-electron chi connectivity index (χ2n) is 8.90. The fourth-order valence-corrected chi connectivity index (χ4v) is 5.72. The molecule has 6 heteroatoms. The number of rotatable bonds is 5. The summed E-state index contributed by atoms with van der Waals surface area (Å²) >= 11 is 5.99. The maximum absolute atomic E-state index is 13.5. The highest BCUT2D eigenvalue weighted by Crippen LogP contribution is 2.47. The normalized spacial score (nSPS) is 31.2. The van der Waals surface area contributed by atoms with Crippen molar-refractivity contribution in [2.24, 2.45) is 11.3 Å². The molecule has 3 aliphatic rings. The van der Waals surface area contributed by atoms with Crippen LogP contribution in [0.15, 0.2) is 24.3 Å². The van der Waals surface area contributed by atoms with Gasteiger partial charge in [-0.2, -0.15) is 0 Å². The molecule has 2 aliphatic heterocycles. The Hall–Kier alpha value is -1.14. The highest BCUT2D eigenvalue weighted by Gasteiger charge is 2.52. The first kappa shape index (κ1) is 21.1. The van der Waals surface area contributed by atoms with E-state index in [1.165, 1.54) is 0 Å². The average Bonchev–Trinajstić information content (AvgIpc) is 2.78. The first-order chi connectivity index (χ1) is 14.1. The molecule has 160 valence electrons. The minimum absolute atomic E-state index is 0.246. The summed E-state index contributed by atoms with van der Waals surface area (Å²) in [6.07, 6.45) is 4.38. The molecule has 2 saturated heterocycles. The molecule has 5 nitrogen and oxygen atoms in total. The molecule has 0 radical (unpaired) electrons. The summed E-state index contributed by atoms with van der Waals surface area (Å²) in [5.74, 6) is 0.716. The van der Waals surface area contributed by atoms with E-state index in [1.54, 1.807) is 0 Å². The summed E-state index contributed by atoms with van der Waals surface area (Å²) < 4.78 is 5.54. The van der Waals surface area contributed by atoms with Crippen LogP contribution in [-0.4, -0.2) is 67.7 Å². The van der Waals surface area contributed by atoms with Crippen LogP contribution in [0.1, 0.15) is 38.2 Å². The highest BCUT2D eigenvalue weighted by atomic mass is 35.5. The third-order valence-corrected chi connectivity index (χ3v) is 7.64. The first-order valence-electron chi connectivity index (χ1n) is 11.2. The number of carbonyl (C=O) groups excluding carboxylic acids is 1. The molecule has 0 aromatic heterocycles. The van der Waals surface area contributed by atoms with Gasteiger partial charge in [0.2, 0.25) is 5.91 Å². The number of hydrogen-bond acceptors (Lipinski definition) is 4.